The van der Waals surface area contributed by atoms with Gasteiger partial charge in [0.25, 0.3) is 5.91 Å². The molecule has 8 nitrogen and oxygen atoms in total. The van der Waals surface area contributed by atoms with Gasteiger partial charge >= 0.3 is 7.75 Å². The molecule has 0 spiro atoms. The van der Waals surface area contributed by atoms with Crippen LogP contribution in [0.15, 0.2) is 22.8 Å². The Kier molecular flexibility index (Phi) is 4.45. The smallest absolute Gasteiger partial charge is 0.319 e. The topological polar surface area (TPSA) is 117 Å². The maximum Gasteiger partial charge on any atom is 0.466 e. The Bertz CT molecular complexity index is 764. The van der Waals surface area contributed by atoms with E-state index in [2.05, 4.69) is 31.4 Å². The van der Waals surface area contributed by atoms with Gasteiger partial charge in [0.05, 0.1) is 10.7 Å². The van der Waals surface area contributed by atoms with Crippen molar-refractivity contribution in [3.8, 4) is 0 Å². The van der Waals surface area contributed by atoms with E-state index in [1.165, 1.54) is 6.07 Å². The summed E-state index contributed by atoms with van der Waals surface area (Å²) in [6, 6.07) is 3.32. The second-order valence-electron chi connectivity index (χ2n) is 3.70. The van der Waals surface area contributed by atoms with Gasteiger partial charge in [0.2, 0.25) is 0 Å². The van der Waals surface area contributed by atoms with E-state index in [-0.39, 0.29) is 25.6 Å². The highest BCUT2D eigenvalue weighted by molar-refractivity contribution is 9.10. The highest BCUT2D eigenvalue weighted by atomic mass is 79.9. The molecular formula is C9H6BrClFN4O4P. The second kappa shape index (κ2) is 5.82. The van der Waals surface area contributed by atoms with Crippen LogP contribution in [0.5, 0.6) is 0 Å². The summed E-state index contributed by atoms with van der Waals surface area (Å²) in [4.78, 5) is 29.8. The Hall–Kier alpha value is -1.32. The van der Waals surface area contributed by atoms with Crippen molar-refractivity contribution >= 4 is 46.9 Å². The first kappa shape index (κ1) is 16.1. The van der Waals surface area contributed by atoms with Crippen molar-refractivity contribution in [3.63, 3.8) is 0 Å². The first-order valence-corrected chi connectivity index (χ1v) is 7.88. The van der Waals surface area contributed by atoms with Gasteiger partial charge in [-0.1, -0.05) is 16.2 Å². The van der Waals surface area contributed by atoms with Crippen molar-refractivity contribution in [3.05, 3.63) is 39.3 Å². The molecule has 0 atom stereocenters. The third-order valence-electron chi connectivity index (χ3n) is 2.19. The molecule has 12 heteroatoms. The summed E-state index contributed by atoms with van der Waals surface area (Å²) in [6.07, 6.45) is 0. The highest BCUT2D eigenvalue weighted by Gasteiger charge is 2.25. The summed E-state index contributed by atoms with van der Waals surface area (Å²) in [6.45, 7) is 0. The molecule has 2 aromatic rings. The number of nitrogens with one attached hydrogen (secondary N) is 1. The number of carbonyl (C=O) groups is 1. The Morgan fingerprint density at radius 1 is 1.43 bits per heavy atom. The molecule has 0 bridgehead atoms. The SMILES string of the molecule is O=C(Nc1ccc(F)cc1Cl)c1nn(P(=O)(O)O)nc1Br. The summed E-state index contributed by atoms with van der Waals surface area (Å²) >= 11 is 8.61. The third kappa shape index (κ3) is 3.66. The van der Waals surface area contributed by atoms with Crippen LogP contribution in [0, 0.1) is 5.82 Å². The lowest BCUT2D eigenvalue weighted by molar-refractivity contribution is 0.102. The summed E-state index contributed by atoms with van der Waals surface area (Å²) in [5.74, 6) is -1.40. The fraction of sp³-hybridized carbons (Fsp3) is 0. The lowest BCUT2D eigenvalue weighted by Crippen LogP contribution is -2.14. The molecule has 0 fully saturated rings. The second-order valence-corrected chi connectivity index (χ2v) is 6.24. The number of hydrogen-bond donors (Lipinski definition) is 3. The average molecular weight is 400 g/mol. The average Bonchev–Trinajstić information content (AvgIpc) is 2.75. The number of hydrogen-bond acceptors (Lipinski definition) is 4. The molecule has 2 rings (SSSR count). The first-order valence-electron chi connectivity index (χ1n) is 5.14. The molecule has 0 radical (unpaired) electrons. The molecule has 1 aromatic heterocycles. The first-order chi connectivity index (χ1) is 9.68. The molecular weight excluding hydrogens is 393 g/mol. The molecule has 0 aliphatic rings. The van der Waals surface area contributed by atoms with Gasteiger partial charge in [-0.2, -0.15) is 0 Å². The van der Waals surface area contributed by atoms with Gasteiger partial charge in [-0.3, -0.25) is 4.79 Å². The number of halogens is 3. The van der Waals surface area contributed by atoms with E-state index in [1.807, 2.05) is 0 Å². The lowest BCUT2D eigenvalue weighted by Gasteiger charge is -2.05. The molecule has 0 unspecified atom stereocenters. The fourth-order valence-corrected chi connectivity index (χ4v) is 2.47. The van der Waals surface area contributed by atoms with Gasteiger partial charge in [-0.05, 0) is 34.1 Å². The molecule has 1 amide bonds. The van der Waals surface area contributed by atoms with E-state index >= 15 is 0 Å². The van der Waals surface area contributed by atoms with E-state index in [0.717, 1.165) is 12.1 Å². The van der Waals surface area contributed by atoms with Crippen LogP contribution in [-0.4, -0.2) is 30.5 Å². The van der Waals surface area contributed by atoms with Gasteiger partial charge in [-0.15, -0.1) is 10.2 Å². The molecule has 112 valence electrons. The predicted molar refractivity (Wildman–Crippen MR) is 74.5 cm³/mol. The molecule has 21 heavy (non-hydrogen) atoms. The van der Waals surface area contributed by atoms with Crippen molar-refractivity contribution in [1.29, 1.82) is 0 Å². The van der Waals surface area contributed by atoms with Crippen molar-refractivity contribution in [2.24, 2.45) is 0 Å². The van der Waals surface area contributed by atoms with Crippen LogP contribution in [0.1, 0.15) is 10.5 Å². The van der Waals surface area contributed by atoms with E-state index in [4.69, 9.17) is 21.4 Å². The van der Waals surface area contributed by atoms with Gasteiger partial charge < -0.3 is 15.1 Å². The van der Waals surface area contributed by atoms with E-state index in [1.54, 1.807) is 0 Å². The van der Waals surface area contributed by atoms with Gasteiger partial charge in [0.1, 0.15) is 5.82 Å². The maximum atomic E-state index is 12.9. The van der Waals surface area contributed by atoms with Crippen LogP contribution in [-0.2, 0) is 4.57 Å². The van der Waals surface area contributed by atoms with Crippen LogP contribution >= 0.6 is 35.3 Å². The quantitative estimate of drug-likeness (QED) is 0.680. The normalized spacial score (nSPS) is 11.5. The van der Waals surface area contributed by atoms with Gasteiger partial charge in [0, 0.05) is 0 Å². The minimum absolute atomic E-state index is 0.0400. The number of nitrogens with zero attached hydrogens (tertiary/aromatic N) is 3. The van der Waals surface area contributed by atoms with Gasteiger partial charge in [-0.25, -0.2) is 8.96 Å². The molecule has 0 aliphatic heterocycles. The molecule has 0 saturated heterocycles. The minimum atomic E-state index is -4.75. The largest absolute Gasteiger partial charge is 0.466 e. The van der Waals surface area contributed by atoms with Crippen molar-refractivity contribution in [2.75, 3.05) is 5.32 Å². The van der Waals surface area contributed by atoms with E-state index in [0.29, 0.717) is 0 Å². The minimum Gasteiger partial charge on any atom is -0.319 e. The van der Waals surface area contributed by atoms with Crippen molar-refractivity contribution in [2.45, 2.75) is 0 Å². The summed E-state index contributed by atoms with van der Waals surface area (Å²) in [7, 11) is -4.75. The molecule has 3 N–H and O–H groups in total. The van der Waals surface area contributed by atoms with Crippen LogP contribution in [0.3, 0.4) is 0 Å². The lowest BCUT2D eigenvalue weighted by atomic mass is 10.3. The number of rotatable bonds is 3. The zero-order valence-corrected chi connectivity index (χ0v) is 13.1. The Morgan fingerprint density at radius 2 is 2.10 bits per heavy atom. The van der Waals surface area contributed by atoms with Crippen LogP contribution in [0.25, 0.3) is 0 Å². The number of anilines is 1. The van der Waals surface area contributed by atoms with E-state index in [9.17, 15) is 13.8 Å². The highest BCUT2D eigenvalue weighted by Crippen LogP contribution is 2.35. The van der Waals surface area contributed by atoms with Crippen LogP contribution < -0.4 is 5.32 Å². The Morgan fingerprint density at radius 3 is 2.62 bits per heavy atom. The predicted octanol–water partition coefficient (Wildman–Crippen LogP) is 2.03. The molecule has 1 heterocycles. The number of carbonyl (C=O) groups excluding carboxylic acids is 1. The standard InChI is InChI=1S/C9H6BrClFN4O4P/c10-8-7(14-16(15-8)21(18,19)20)9(17)13-6-2-1-4(12)3-5(6)11/h1-3H,(H,13,17)(H2,18,19,20). The van der Waals surface area contributed by atoms with Gasteiger partial charge in [0.15, 0.2) is 10.3 Å². The number of benzene rings is 1. The summed E-state index contributed by atoms with van der Waals surface area (Å²) < 4.78 is 23.8. The Balaban J connectivity index is 2.29. The molecule has 1 aromatic carbocycles. The number of aromatic nitrogens is 3. The van der Waals surface area contributed by atoms with Crippen LogP contribution in [0.2, 0.25) is 5.02 Å². The van der Waals surface area contributed by atoms with Crippen molar-refractivity contribution in [1.82, 2.24) is 14.8 Å². The maximum absolute atomic E-state index is 12.9. The Labute approximate surface area is 130 Å². The van der Waals surface area contributed by atoms with Crippen LogP contribution in [0.4, 0.5) is 10.1 Å². The number of amides is 1. The summed E-state index contributed by atoms with van der Waals surface area (Å²) in [5, 5.41) is 9.06. The monoisotopic (exact) mass is 398 g/mol. The zero-order chi connectivity index (χ0) is 15.8. The zero-order valence-electron chi connectivity index (χ0n) is 9.87. The van der Waals surface area contributed by atoms with E-state index < -0.39 is 19.5 Å². The molecule has 0 saturated carbocycles. The molecule has 0 aliphatic carbocycles. The van der Waals surface area contributed by atoms with Crippen molar-refractivity contribution < 1.29 is 23.5 Å². The fourth-order valence-electron chi connectivity index (χ4n) is 1.31. The third-order valence-corrected chi connectivity index (χ3v) is 3.68. The summed E-state index contributed by atoms with van der Waals surface area (Å²) in [5.41, 5.74) is -0.251.